The number of ether oxygens (including phenoxy) is 2. The quantitative estimate of drug-likeness (QED) is 0.433. The van der Waals surface area contributed by atoms with Gasteiger partial charge in [-0.05, 0) is 75.9 Å². The Kier molecular flexibility index (Phi) is 8.28. The van der Waals surface area contributed by atoms with Gasteiger partial charge < -0.3 is 19.0 Å². The van der Waals surface area contributed by atoms with Crippen molar-refractivity contribution in [1.29, 1.82) is 0 Å². The molecule has 33 heavy (non-hydrogen) atoms. The van der Waals surface area contributed by atoms with Gasteiger partial charge >= 0.3 is 5.97 Å². The molecule has 1 aromatic heterocycles. The molecule has 0 aliphatic carbocycles. The molecule has 0 bridgehead atoms. The van der Waals surface area contributed by atoms with Crippen LogP contribution in [0.15, 0.2) is 52.9 Å². The number of aryl methyl sites for hydroxylation is 2. The SMILES string of the molecule is Cc1oc(-c2ccccc2)nc1CCOc1ccc(CCC(=O)OC(C)(C)C)c(CCO)c1. The van der Waals surface area contributed by atoms with Crippen LogP contribution in [0.4, 0.5) is 0 Å². The van der Waals surface area contributed by atoms with Crippen LogP contribution in [0.5, 0.6) is 5.75 Å². The van der Waals surface area contributed by atoms with E-state index in [0.29, 0.717) is 38.2 Å². The highest BCUT2D eigenvalue weighted by Crippen LogP contribution is 2.23. The van der Waals surface area contributed by atoms with Gasteiger partial charge in [0.25, 0.3) is 0 Å². The van der Waals surface area contributed by atoms with Crippen LogP contribution in [0.3, 0.4) is 0 Å². The Bertz CT molecular complexity index is 1050. The third-order valence-corrected chi connectivity index (χ3v) is 5.10. The molecule has 2 aromatic carbocycles. The van der Waals surface area contributed by atoms with Crippen LogP contribution < -0.4 is 4.74 Å². The predicted molar refractivity (Wildman–Crippen MR) is 127 cm³/mol. The first-order valence-electron chi connectivity index (χ1n) is 11.3. The first-order chi connectivity index (χ1) is 15.7. The molecule has 0 saturated carbocycles. The molecular formula is C27H33NO5. The minimum atomic E-state index is -0.493. The summed E-state index contributed by atoms with van der Waals surface area (Å²) in [4.78, 5) is 16.7. The topological polar surface area (TPSA) is 81.8 Å². The van der Waals surface area contributed by atoms with Gasteiger partial charge in [-0.2, -0.15) is 0 Å². The Morgan fingerprint density at radius 2 is 1.79 bits per heavy atom. The van der Waals surface area contributed by atoms with Gasteiger partial charge in [0, 0.05) is 25.0 Å². The highest BCUT2D eigenvalue weighted by molar-refractivity contribution is 5.70. The molecule has 0 spiro atoms. The maximum atomic E-state index is 12.1. The first-order valence-corrected chi connectivity index (χ1v) is 11.3. The fourth-order valence-corrected chi connectivity index (χ4v) is 3.55. The van der Waals surface area contributed by atoms with E-state index < -0.39 is 5.60 Å². The Balaban J connectivity index is 1.58. The number of hydrogen-bond acceptors (Lipinski definition) is 6. The summed E-state index contributed by atoms with van der Waals surface area (Å²) in [6.45, 7) is 7.97. The number of aliphatic hydroxyl groups excluding tert-OH is 1. The molecule has 1 heterocycles. The van der Waals surface area contributed by atoms with E-state index in [1.807, 2.05) is 76.2 Å². The van der Waals surface area contributed by atoms with Gasteiger partial charge in [0.15, 0.2) is 0 Å². The second kappa shape index (κ2) is 11.1. The van der Waals surface area contributed by atoms with Crippen LogP contribution in [0, 0.1) is 6.92 Å². The van der Waals surface area contributed by atoms with Gasteiger partial charge in [-0.25, -0.2) is 4.98 Å². The Morgan fingerprint density at radius 1 is 1.03 bits per heavy atom. The highest BCUT2D eigenvalue weighted by atomic mass is 16.6. The molecule has 176 valence electrons. The first kappa shape index (κ1) is 24.5. The smallest absolute Gasteiger partial charge is 0.306 e. The third kappa shape index (κ3) is 7.46. The Labute approximate surface area is 195 Å². The lowest BCUT2D eigenvalue weighted by atomic mass is 10.00. The predicted octanol–water partition coefficient (Wildman–Crippen LogP) is 5.08. The lowest BCUT2D eigenvalue weighted by molar-refractivity contribution is -0.154. The normalized spacial score (nSPS) is 11.4. The Morgan fingerprint density at radius 3 is 2.48 bits per heavy atom. The van der Waals surface area contributed by atoms with E-state index in [0.717, 1.165) is 33.9 Å². The van der Waals surface area contributed by atoms with E-state index in [-0.39, 0.29) is 12.6 Å². The highest BCUT2D eigenvalue weighted by Gasteiger charge is 2.17. The number of aliphatic hydroxyl groups is 1. The van der Waals surface area contributed by atoms with Crippen molar-refractivity contribution >= 4 is 5.97 Å². The molecule has 0 aliphatic rings. The monoisotopic (exact) mass is 451 g/mol. The average Bonchev–Trinajstić information content (AvgIpc) is 3.13. The van der Waals surface area contributed by atoms with Gasteiger partial charge in [0.1, 0.15) is 17.1 Å². The van der Waals surface area contributed by atoms with E-state index in [2.05, 4.69) is 4.98 Å². The number of nitrogens with zero attached hydrogens (tertiary/aromatic N) is 1. The number of oxazole rings is 1. The summed E-state index contributed by atoms with van der Waals surface area (Å²) in [7, 11) is 0. The van der Waals surface area contributed by atoms with Crippen molar-refractivity contribution < 1.29 is 23.8 Å². The average molecular weight is 452 g/mol. The zero-order chi connectivity index (χ0) is 23.8. The maximum Gasteiger partial charge on any atom is 0.306 e. The molecule has 6 heteroatoms. The largest absolute Gasteiger partial charge is 0.493 e. The molecule has 3 aromatic rings. The molecule has 0 aliphatic heterocycles. The number of benzene rings is 2. The molecule has 0 fully saturated rings. The van der Waals surface area contributed by atoms with E-state index in [9.17, 15) is 9.90 Å². The summed E-state index contributed by atoms with van der Waals surface area (Å²) in [6, 6.07) is 15.6. The van der Waals surface area contributed by atoms with Crippen molar-refractivity contribution in [1.82, 2.24) is 4.98 Å². The molecule has 6 nitrogen and oxygen atoms in total. The van der Waals surface area contributed by atoms with Crippen molar-refractivity contribution in [2.45, 2.75) is 59.0 Å². The van der Waals surface area contributed by atoms with Crippen molar-refractivity contribution in [2.24, 2.45) is 0 Å². The van der Waals surface area contributed by atoms with Crippen molar-refractivity contribution in [3.05, 3.63) is 71.1 Å². The maximum absolute atomic E-state index is 12.1. The van der Waals surface area contributed by atoms with Gasteiger partial charge in [0.2, 0.25) is 5.89 Å². The minimum absolute atomic E-state index is 0.0310. The number of hydrogen-bond donors (Lipinski definition) is 1. The van der Waals surface area contributed by atoms with E-state index >= 15 is 0 Å². The van der Waals surface area contributed by atoms with Crippen LogP contribution in [0.25, 0.3) is 11.5 Å². The summed E-state index contributed by atoms with van der Waals surface area (Å²) in [6.07, 6.45) is 1.98. The molecule has 0 saturated heterocycles. The van der Waals surface area contributed by atoms with Crippen LogP contribution in [-0.2, 0) is 28.8 Å². The standard InChI is InChI=1S/C27H33NO5/c1-19-24(28-26(32-19)21-8-6-5-7-9-21)15-17-31-23-12-10-20(22(18-23)14-16-29)11-13-25(30)33-27(2,3)4/h5-10,12,18,29H,11,13-17H2,1-4H3. The van der Waals surface area contributed by atoms with Crippen LogP contribution >= 0.6 is 0 Å². The number of carbonyl (C=O) groups excluding carboxylic acids is 1. The summed E-state index contributed by atoms with van der Waals surface area (Å²) < 4.78 is 17.2. The molecule has 1 N–H and O–H groups in total. The minimum Gasteiger partial charge on any atom is -0.493 e. The van der Waals surface area contributed by atoms with Gasteiger partial charge in [-0.15, -0.1) is 0 Å². The molecule has 3 rings (SSSR count). The second-order valence-corrected chi connectivity index (χ2v) is 8.98. The van der Waals surface area contributed by atoms with Crippen molar-refractivity contribution in [3.8, 4) is 17.2 Å². The molecule has 0 amide bonds. The van der Waals surface area contributed by atoms with Crippen molar-refractivity contribution in [2.75, 3.05) is 13.2 Å². The van der Waals surface area contributed by atoms with Crippen LogP contribution in [-0.4, -0.2) is 34.9 Å². The molecular weight excluding hydrogens is 418 g/mol. The molecule has 0 unspecified atom stereocenters. The van der Waals surface area contributed by atoms with Gasteiger partial charge in [0.05, 0.1) is 12.3 Å². The number of esters is 1. The van der Waals surface area contributed by atoms with Crippen LogP contribution in [0.2, 0.25) is 0 Å². The lowest BCUT2D eigenvalue weighted by Crippen LogP contribution is -2.24. The lowest BCUT2D eigenvalue weighted by Gasteiger charge is -2.19. The second-order valence-electron chi connectivity index (χ2n) is 8.98. The number of carbonyl (C=O) groups is 1. The fourth-order valence-electron chi connectivity index (χ4n) is 3.55. The Hall–Kier alpha value is -3.12. The zero-order valence-corrected chi connectivity index (χ0v) is 19.9. The summed E-state index contributed by atoms with van der Waals surface area (Å²) >= 11 is 0. The molecule has 0 radical (unpaired) electrons. The van der Waals surface area contributed by atoms with E-state index in [4.69, 9.17) is 13.9 Å². The van der Waals surface area contributed by atoms with Crippen LogP contribution in [0.1, 0.15) is 49.8 Å². The molecule has 0 atom stereocenters. The van der Waals surface area contributed by atoms with Gasteiger partial charge in [-0.1, -0.05) is 24.3 Å². The fraction of sp³-hybridized carbons (Fsp3) is 0.407. The third-order valence-electron chi connectivity index (χ3n) is 5.10. The van der Waals surface area contributed by atoms with Crippen molar-refractivity contribution in [3.63, 3.8) is 0 Å². The number of rotatable bonds is 10. The van der Waals surface area contributed by atoms with E-state index in [1.165, 1.54) is 0 Å². The zero-order valence-electron chi connectivity index (χ0n) is 19.9. The van der Waals surface area contributed by atoms with E-state index in [1.54, 1.807) is 0 Å². The summed E-state index contributed by atoms with van der Waals surface area (Å²) in [5, 5.41) is 9.47. The number of aromatic nitrogens is 1. The summed E-state index contributed by atoms with van der Waals surface area (Å²) in [5.41, 5.74) is 3.32. The summed E-state index contributed by atoms with van der Waals surface area (Å²) in [5.74, 6) is 1.90. The van der Waals surface area contributed by atoms with Gasteiger partial charge in [-0.3, -0.25) is 4.79 Å².